The molecule has 0 saturated carbocycles. The third-order valence-corrected chi connectivity index (χ3v) is 4.75. The maximum atomic E-state index is 11.5. The molecular formula is C23H20N2O2. The van der Waals surface area contributed by atoms with Gasteiger partial charge in [-0.15, -0.1) is 0 Å². The number of fused-ring (bicyclic) bond motifs is 1. The van der Waals surface area contributed by atoms with E-state index in [2.05, 4.69) is 58.4 Å². The van der Waals surface area contributed by atoms with Crippen molar-refractivity contribution in [2.24, 2.45) is 4.99 Å². The van der Waals surface area contributed by atoms with Gasteiger partial charge < -0.3 is 9.64 Å². The second kappa shape index (κ2) is 7.46. The fraction of sp³-hybridized carbons (Fsp3) is 0.130. The summed E-state index contributed by atoms with van der Waals surface area (Å²) >= 11 is 0. The molecule has 4 heteroatoms. The molecule has 0 aliphatic carbocycles. The molecule has 0 saturated heterocycles. The molecule has 27 heavy (non-hydrogen) atoms. The number of nitrogens with zero attached hydrogens (tertiary/aromatic N) is 2. The van der Waals surface area contributed by atoms with Crippen molar-refractivity contribution in [3.63, 3.8) is 0 Å². The predicted molar refractivity (Wildman–Crippen MR) is 108 cm³/mol. The van der Waals surface area contributed by atoms with E-state index in [-0.39, 0.29) is 5.97 Å². The van der Waals surface area contributed by atoms with Crippen LogP contribution in [0.4, 0.5) is 11.4 Å². The highest BCUT2D eigenvalue weighted by Gasteiger charge is 2.18. The summed E-state index contributed by atoms with van der Waals surface area (Å²) in [6.45, 7) is 1.91. The van der Waals surface area contributed by atoms with Crippen molar-refractivity contribution in [1.29, 1.82) is 0 Å². The third kappa shape index (κ3) is 3.75. The van der Waals surface area contributed by atoms with Crippen molar-refractivity contribution < 1.29 is 9.53 Å². The van der Waals surface area contributed by atoms with E-state index in [9.17, 15) is 4.79 Å². The van der Waals surface area contributed by atoms with Gasteiger partial charge in [-0.1, -0.05) is 36.4 Å². The number of carbonyl (C=O) groups excluding carboxylic acids is 1. The number of rotatable bonds is 4. The molecule has 0 N–H and O–H groups in total. The molecule has 1 aliphatic rings. The van der Waals surface area contributed by atoms with Crippen molar-refractivity contribution in [2.45, 2.75) is 13.1 Å². The molecule has 0 unspecified atom stereocenters. The zero-order chi connectivity index (χ0) is 18.6. The average Bonchev–Trinajstić information content (AvgIpc) is 3.17. The normalized spacial score (nSPS) is 13.0. The molecule has 0 spiro atoms. The number of benzene rings is 3. The van der Waals surface area contributed by atoms with Crippen LogP contribution in [-0.2, 0) is 17.8 Å². The van der Waals surface area contributed by atoms with Crippen molar-refractivity contribution in [1.82, 2.24) is 0 Å². The molecule has 1 aliphatic heterocycles. The molecule has 0 fully saturated rings. The van der Waals surface area contributed by atoms with Gasteiger partial charge in [-0.3, -0.25) is 4.99 Å². The molecule has 3 aromatic carbocycles. The Morgan fingerprint density at radius 1 is 0.926 bits per heavy atom. The maximum Gasteiger partial charge on any atom is 0.337 e. The summed E-state index contributed by atoms with van der Waals surface area (Å²) in [6, 6.07) is 24.0. The number of aliphatic imine (C=N–C) groups is 1. The van der Waals surface area contributed by atoms with E-state index in [1.165, 1.54) is 23.9 Å². The average molecular weight is 356 g/mol. The van der Waals surface area contributed by atoms with E-state index in [0.29, 0.717) is 5.56 Å². The van der Waals surface area contributed by atoms with Gasteiger partial charge in [-0.25, -0.2) is 4.79 Å². The van der Waals surface area contributed by atoms with Crippen LogP contribution in [0.25, 0.3) is 0 Å². The monoisotopic (exact) mass is 356 g/mol. The highest BCUT2D eigenvalue weighted by molar-refractivity contribution is 5.90. The summed E-state index contributed by atoms with van der Waals surface area (Å²) in [5.74, 6) is -0.342. The molecule has 1 heterocycles. The van der Waals surface area contributed by atoms with Crippen molar-refractivity contribution in [3.05, 3.63) is 95.1 Å². The minimum absolute atomic E-state index is 0.342. The van der Waals surface area contributed by atoms with Crippen molar-refractivity contribution in [2.75, 3.05) is 12.0 Å². The number of methoxy groups -OCH3 is 1. The van der Waals surface area contributed by atoms with Crippen LogP contribution in [0.5, 0.6) is 0 Å². The van der Waals surface area contributed by atoms with Gasteiger partial charge in [0, 0.05) is 25.0 Å². The SMILES string of the molecule is COC(=O)c1ccc(N=Cc2ccc(N3Cc4ccccc4C3)cc2)cc1. The van der Waals surface area contributed by atoms with Crippen molar-refractivity contribution >= 4 is 23.6 Å². The van der Waals surface area contributed by atoms with E-state index in [1.54, 1.807) is 24.3 Å². The van der Waals surface area contributed by atoms with Crippen LogP contribution in [-0.4, -0.2) is 19.3 Å². The first kappa shape index (κ1) is 17.0. The molecule has 4 nitrogen and oxygen atoms in total. The lowest BCUT2D eigenvalue weighted by Gasteiger charge is -2.17. The number of esters is 1. The molecule has 0 bridgehead atoms. The van der Waals surface area contributed by atoms with Gasteiger partial charge in [0.1, 0.15) is 0 Å². The van der Waals surface area contributed by atoms with Gasteiger partial charge >= 0.3 is 5.97 Å². The molecule has 0 aromatic heterocycles. The molecular weight excluding hydrogens is 336 g/mol. The smallest absolute Gasteiger partial charge is 0.337 e. The second-order valence-corrected chi connectivity index (χ2v) is 6.51. The molecule has 0 radical (unpaired) electrons. The van der Waals surface area contributed by atoms with E-state index in [4.69, 9.17) is 4.74 Å². The van der Waals surface area contributed by atoms with Gasteiger partial charge in [0.15, 0.2) is 0 Å². The summed E-state index contributed by atoms with van der Waals surface area (Å²) in [6.07, 6.45) is 1.83. The Balaban J connectivity index is 1.42. The van der Waals surface area contributed by atoms with E-state index in [1.807, 2.05) is 6.21 Å². The van der Waals surface area contributed by atoms with Crippen LogP contribution in [0.1, 0.15) is 27.0 Å². The number of ether oxygens (including phenoxy) is 1. The van der Waals surface area contributed by atoms with Crippen LogP contribution in [0.2, 0.25) is 0 Å². The zero-order valence-electron chi connectivity index (χ0n) is 15.1. The van der Waals surface area contributed by atoms with Gasteiger partial charge in [0.05, 0.1) is 18.4 Å². The summed E-state index contributed by atoms with van der Waals surface area (Å²) in [7, 11) is 1.37. The Labute approximate surface area is 158 Å². The van der Waals surface area contributed by atoms with Crippen LogP contribution in [0.15, 0.2) is 77.8 Å². The highest BCUT2D eigenvalue weighted by Crippen LogP contribution is 2.28. The topological polar surface area (TPSA) is 41.9 Å². The standard InChI is InChI=1S/C23H20N2O2/c1-27-23(26)18-8-10-21(11-9-18)24-14-17-6-12-22(13-7-17)25-15-19-4-2-3-5-20(19)16-25/h2-14H,15-16H2,1H3. The predicted octanol–water partition coefficient (Wildman–Crippen LogP) is 4.74. The Bertz CT molecular complexity index is 951. The molecule has 0 amide bonds. The second-order valence-electron chi connectivity index (χ2n) is 6.51. The van der Waals surface area contributed by atoms with E-state index in [0.717, 1.165) is 24.3 Å². The Morgan fingerprint density at radius 3 is 2.15 bits per heavy atom. The fourth-order valence-corrected chi connectivity index (χ4v) is 3.24. The highest BCUT2D eigenvalue weighted by atomic mass is 16.5. The zero-order valence-corrected chi connectivity index (χ0v) is 15.1. The number of hydrogen-bond acceptors (Lipinski definition) is 4. The van der Waals surface area contributed by atoms with E-state index < -0.39 is 0 Å². The summed E-state index contributed by atoms with van der Waals surface area (Å²) < 4.78 is 4.70. The van der Waals surface area contributed by atoms with Crippen molar-refractivity contribution in [3.8, 4) is 0 Å². The fourth-order valence-electron chi connectivity index (χ4n) is 3.24. The van der Waals surface area contributed by atoms with Gasteiger partial charge in [-0.05, 0) is 53.1 Å². The van der Waals surface area contributed by atoms with Gasteiger partial charge in [0.25, 0.3) is 0 Å². The quantitative estimate of drug-likeness (QED) is 0.501. The molecule has 0 atom stereocenters. The lowest BCUT2D eigenvalue weighted by Crippen LogP contribution is -2.14. The minimum atomic E-state index is -0.342. The first-order chi connectivity index (χ1) is 13.2. The van der Waals surface area contributed by atoms with Crippen LogP contribution >= 0.6 is 0 Å². The summed E-state index contributed by atoms with van der Waals surface area (Å²) in [5.41, 5.74) is 6.37. The molecule has 3 aromatic rings. The molecule has 134 valence electrons. The van der Waals surface area contributed by atoms with Gasteiger partial charge in [0.2, 0.25) is 0 Å². The first-order valence-electron chi connectivity index (χ1n) is 8.87. The maximum absolute atomic E-state index is 11.5. The van der Waals surface area contributed by atoms with Crippen LogP contribution in [0.3, 0.4) is 0 Å². The number of carbonyl (C=O) groups is 1. The van der Waals surface area contributed by atoms with Gasteiger partial charge in [-0.2, -0.15) is 0 Å². The lowest BCUT2D eigenvalue weighted by atomic mass is 10.1. The molecule has 4 rings (SSSR count). The van der Waals surface area contributed by atoms with E-state index >= 15 is 0 Å². The Morgan fingerprint density at radius 2 is 1.56 bits per heavy atom. The minimum Gasteiger partial charge on any atom is -0.465 e. The van der Waals surface area contributed by atoms with Crippen LogP contribution < -0.4 is 4.90 Å². The number of anilines is 1. The lowest BCUT2D eigenvalue weighted by molar-refractivity contribution is 0.0601. The largest absolute Gasteiger partial charge is 0.465 e. The number of hydrogen-bond donors (Lipinski definition) is 0. The van der Waals surface area contributed by atoms with Crippen LogP contribution in [0, 0.1) is 0 Å². The Hall–Kier alpha value is -3.40. The summed E-state index contributed by atoms with van der Waals surface area (Å²) in [4.78, 5) is 18.3. The summed E-state index contributed by atoms with van der Waals surface area (Å²) in [5, 5.41) is 0. The third-order valence-electron chi connectivity index (χ3n) is 4.75. The Kier molecular flexibility index (Phi) is 4.71. The first-order valence-corrected chi connectivity index (χ1v) is 8.87.